The van der Waals surface area contributed by atoms with E-state index < -0.39 is 5.56 Å². The van der Waals surface area contributed by atoms with Crippen LogP contribution in [-0.2, 0) is 16.1 Å². The molecular weight excluding hydrogens is 350 g/mol. The van der Waals surface area contributed by atoms with Gasteiger partial charge in [-0.15, -0.1) is 6.58 Å². The van der Waals surface area contributed by atoms with E-state index >= 15 is 0 Å². The molecule has 7 heteroatoms. The van der Waals surface area contributed by atoms with Crippen molar-refractivity contribution in [2.45, 2.75) is 57.8 Å². The summed E-state index contributed by atoms with van der Waals surface area (Å²) in [5.41, 5.74) is 5.70. The first-order chi connectivity index (χ1) is 12.2. The Morgan fingerprint density at radius 2 is 2.27 bits per heavy atom. The standard InChI is InChI=1S/C19H27N3O3S/c1-5-8-22-14(20)10-15(23)21-17(22)26-11-16(24)25-13-9-12-6-7-19(13,4)18(12,2)3/h5,10,12-13H,1,6-9,11,20H2,2-4H3/t12-,13-,19+/m1/s1. The summed E-state index contributed by atoms with van der Waals surface area (Å²) in [4.78, 5) is 28.0. The first-order valence-corrected chi connectivity index (χ1v) is 9.98. The summed E-state index contributed by atoms with van der Waals surface area (Å²) in [5, 5.41) is 0.409. The Morgan fingerprint density at radius 3 is 2.85 bits per heavy atom. The van der Waals surface area contributed by atoms with Crippen LogP contribution in [0.5, 0.6) is 0 Å². The molecule has 2 bridgehead atoms. The Labute approximate surface area is 158 Å². The first kappa shape index (κ1) is 19.0. The van der Waals surface area contributed by atoms with Gasteiger partial charge in [0.05, 0.1) is 5.75 Å². The lowest BCUT2D eigenvalue weighted by Crippen LogP contribution is -2.38. The van der Waals surface area contributed by atoms with E-state index in [1.807, 2.05) is 0 Å². The van der Waals surface area contributed by atoms with E-state index in [-0.39, 0.29) is 28.7 Å². The molecule has 2 N–H and O–H groups in total. The molecule has 0 radical (unpaired) electrons. The summed E-state index contributed by atoms with van der Waals surface area (Å²) in [7, 11) is 0. The Kier molecular flexibility index (Phi) is 4.94. The van der Waals surface area contributed by atoms with E-state index in [0.29, 0.717) is 23.4 Å². The SMILES string of the molecule is C=CCn1c(N)cc(=O)nc1SCC(=O)O[C@@H]1C[C@H]2CC[C@]1(C)C2(C)C. The van der Waals surface area contributed by atoms with Gasteiger partial charge in [-0.1, -0.05) is 38.6 Å². The predicted molar refractivity (Wildman–Crippen MR) is 103 cm³/mol. The highest BCUT2D eigenvalue weighted by molar-refractivity contribution is 7.99. The fourth-order valence-electron chi connectivity index (χ4n) is 4.55. The second kappa shape index (κ2) is 6.76. The molecule has 1 heterocycles. The molecule has 0 unspecified atom stereocenters. The number of allylic oxidation sites excluding steroid dienone is 1. The molecule has 1 aromatic heterocycles. The van der Waals surface area contributed by atoms with Crippen LogP contribution >= 0.6 is 11.8 Å². The van der Waals surface area contributed by atoms with Crippen molar-refractivity contribution in [3.63, 3.8) is 0 Å². The molecule has 2 aliphatic rings. The van der Waals surface area contributed by atoms with Gasteiger partial charge in [0.25, 0.3) is 5.56 Å². The van der Waals surface area contributed by atoms with E-state index in [1.54, 1.807) is 10.6 Å². The number of ether oxygens (including phenoxy) is 1. The van der Waals surface area contributed by atoms with Crippen molar-refractivity contribution in [1.82, 2.24) is 9.55 Å². The van der Waals surface area contributed by atoms with Gasteiger partial charge < -0.3 is 15.0 Å². The topological polar surface area (TPSA) is 87.2 Å². The van der Waals surface area contributed by atoms with Gasteiger partial charge in [0, 0.05) is 18.0 Å². The number of esters is 1. The second-order valence-electron chi connectivity index (χ2n) is 8.08. The van der Waals surface area contributed by atoms with Crippen molar-refractivity contribution >= 4 is 23.5 Å². The molecule has 0 spiro atoms. The fraction of sp³-hybridized carbons (Fsp3) is 0.632. The summed E-state index contributed by atoms with van der Waals surface area (Å²) in [6.45, 7) is 10.9. The Hall–Kier alpha value is -1.76. The van der Waals surface area contributed by atoms with Gasteiger partial charge in [0.2, 0.25) is 0 Å². The summed E-state index contributed by atoms with van der Waals surface area (Å²) in [6, 6.07) is 1.27. The molecule has 26 heavy (non-hydrogen) atoms. The van der Waals surface area contributed by atoms with Crippen molar-refractivity contribution in [2.24, 2.45) is 16.7 Å². The maximum absolute atomic E-state index is 12.4. The van der Waals surface area contributed by atoms with E-state index in [2.05, 4.69) is 32.3 Å². The Morgan fingerprint density at radius 1 is 1.54 bits per heavy atom. The highest BCUT2D eigenvalue weighted by Gasteiger charge is 2.62. The third kappa shape index (κ3) is 3.06. The summed E-state index contributed by atoms with van der Waals surface area (Å²) >= 11 is 1.18. The van der Waals surface area contributed by atoms with Crippen molar-refractivity contribution in [3.05, 3.63) is 29.1 Å². The number of nitrogens with two attached hydrogens (primary N) is 1. The highest BCUT2D eigenvalue weighted by Crippen LogP contribution is 2.66. The number of anilines is 1. The van der Waals surface area contributed by atoms with Crippen molar-refractivity contribution in [3.8, 4) is 0 Å². The minimum atomic E-state index is -0.416. The zero-order valence-corrected chi connectivity index (χ0v) is 16.5. The zero-order chi connectivity index (χ0) is 19.1. The molecule has 0 amide bonds. The number of rotatable bonds is 6. The maximum Gasteiger partial charge on any atom is 0.316 e. The summed E-state index contributed by atoms with van der Waals surface area (Å²) < 4.78 is 7.50. The first-order valence-electron chi connectivity index (χ1n) is 8.99. The van der Waals surface area contributed by atoms with Gasteiger partial charge in [-0.3, -0.25) is 9.59 Å². The lowest BCUT2D eigenvalue weighted by molar-refractivity contribution is -0.153. The van der Waals surface area contributed by atoms with Gasteiger partial charge in [-0.2, -0.15) is 4.98 Å². The van der Waals surface area contributed by atoms with Gasteiger partial charge in [-0.25, -0.2) is 0 Å². The lowest BCUT2D eigenvalue weighted by Gasteiger charge is -2.38. The third-order valence-corrected chi connectivity index (χ3v) is 7.59. The number of aromatic nitrogens is 2. The van der Waals surface area contributed by atoms with Crippen LogP contribution in [0.2, 0.25) is 0 Å². The van der Waals surface area contributed by atoms with Crippen LogP contribution in [0.15, 0.2) is 28.7 Å². The molecular formula is C19H27N3O3S. The lowest BCUT2D eigenvalue weighted by atomic mass is 9.70. The monoisotopic (exact) mass is 377 g/mol. The molecule has 2 saturated carbocycles. The molecule has 3 atom stereocenters. The van der Waals surface area contributed by atoms with Crippen LogP contribution < -0.4 is 11.3 Å². The summed E-state index contributed by atoms with van der Waals surface area (Å²) in [5.74, 6) is 0.755. The minimum Gasteiger partial charge on any atom is -0.461 e. The number of hydrogen-bond donors (Lipinski definition) is 1. The molecule has 2 aliphatic carbocycles. The minimum absolute atomic E-state index is 0.0338. The van der Waals surface area contributed by atoms with Crippen molar-refractivity contribution < 1.29 is 9.53 Å². The number of nitrogen functional groups attached to an aromatic ring is 1. The molecule has 0 aliphatic heterocycles. The highest BCUT2D eigenvalue weighted by atomic mass is 32.2. The van der Waals surface area contributed by atoms with Gasteiger partial charge in [0.1, 0.15) is 11.9 Å². The smallest absolute Gasteiger partial charge is 0.316 e. The van der Waals surface area contributed by atoms with Crippen LogP contribution in [0, 0.1) is 16.7 Å². The predicted octanol–water partition coefficient (Wildman–Crippen LogP) is 2.86. The molecule has 0 aromatic carbocycles. The fourth-order valence-corrected chi connectivity index (χ4v) is 5.35. The second-order valence-corrected chi connectivity index (χ2v) is 9.02. The normalized spacial score (nSPS) is 28.9. The van der Waals surface area contributed by atoms with Crippen LogP contribution in [0.3, 0.4) is 0 Å². The van der Waals surface area contributed by atoms with Gasteiger partial charge >= 0.3 is 5.97 Å². The molecule has 1 aromatic rings. The molecule has 2 fully saturated rings. The van der Waals surface area contributed by atoms with Gasteiger partial charge in [0.15, 0.2) is 5.16 Å². The number of hydrogen-bond acceptors (Lipinski definition) is 6. The average Bonchev–Trinajstić information content (AvgIpc) is 2.89. The quantitative estimate of drug-likeness (QED) is 0.355. The van der Waals surface area contributed by atoms with Crippen LogP contribution in [0.4, 0.5) is 5.82 Å². The Bertz CT molecular complexity index is 789. The van der Waals surface area contributed by atoms with Crippen LogP contribution in [-0.4, -0.2) is 27.4 Å². The van der Waals surface area contributed by atoms with Crippen molar-refractivity contribution in [2.75, 3.05) is 11.5 Å². The molecule has 142 valence electrons. The number of carbonyl (C=O) groups is 1. The Balaban J connectivity index is 1.66. The van der Waals surface area contributed by atoms with Crippen LogP contribution in [0.25, 0.3) is 0 Å². The van der Waals surface area contributed by atoms with Crippen LogP contribution in [0.1, 0.15) is 40.0 Å². The van der Waals surface area contributed by atoms with Crippen molar-refractivity contribution in [1.29, 1.82) is 0 Å². The molecule has 0 saturated heterocycles. The van der Waals surface area contributed by atoms with E-state index in [1.165, 1.54) is 24.2 Å². The number of nitrogens with zero attached hydrogens (tertiary/aromatic N) is 2. The van der Waals surface area contributed by atoms with E-state index in [4.69, 9.17) is 10.5 Å². The third-order valence-electron chi connectivity index (χ3n) is 6.64. The molecule has 6 nitrogen and oxygen atoms in total. The molecule has 3 rings (SSSR count). The number of carbonyl (C=O) groups excluding carboxylic acids is 1. The maximum atomic E-state index is 12.4. The van der Waals surface area contributed by atoms with Gasteiger partial charge in [-0.05, 0) is 30.6 Å². The van der Waals surface area contributed by atoms with E-state index in [0.717, 1.165) is 12.8 Å². The number of thioether (sulfide) groups is 1. The van der Waals surface area contributed by atoms with E-state index in [9.17, 15) is 9.59 Å². The largest absolute Gasteiger partial charge is 0.461 e. The summed E-state index contributed by atoms with van der Waals surface area (Å²) in [6.07, 6.45) is 4.90. The average molecular weight is 378 g/mol. The zero-order valence-electron chi connectivity index (χ0n) is 15.7. The number of fused-ring (bicyclic) bond motifs is 2.